The molecule has 0 aliphatic heterocycles. The molecule has 9 heteroatoms. The van der Waals surface area contributed by atoms with Crippen molar-refractivity contribution in [2.24, 2.45) is 0 Å². The summed E-state index contributed by atoms with van der Waals surface area (Å²) in [6.45, 7) is 0. The third kappa shape index (κ3) is 4.50. The van der Waals surface area contributed by atoms with E-state index in [2.05, 4.69) is 10.1 Å². The van der Waals surface area contributed by atoms with Crippen molar-refractivity contribution in [2.45, 2.75) is 6.36 Å². The van der Waals surface area contributed by atoms with E-state index in [0.717, 1.165) is 6.07 Å². The Bertz CT molecular complexity index is 767. The van der Waals surface area contributed by atoms with Gasteiger partial charge in [0.1, 0.15) is 0 Å². The van der Waals surface area contributed by atoms with Crippen molar-refractivity contribution in [1.29, 1.82) is 0 Å². The van der Waals surface area contributed by atoms with Crippen molar-refractivity contribution in [3.8, 4) is 23.0 Å². The van der Waals surface area contributed by atoms with Crippen LogP contribution in [0.3, 0.4) is 0 Å². The number of carbonyl (C=O) groups is 1. The average Bonchev–Trinajstić information content (AvgIpc) is 2.60. The van der Waals surface area contributed by atoms with E-state index in [0.29, 0.717) is 0 Å². The zero-order valence-corrected chi connectivity index (χ0v) is 14.1. The number of para-hydroxylation sites is 2. The number of carbonyl (C=O) groups excluding carboxylic acids is 1. The van der Waals surface area contributed by atoms with Gasteiger partial charge in [0, 0.05) is 5.56 Å². The van der Waals surface area contributed by atoms with Gasteiger partial charge in [-0.25, -0.2) is 0 Å². The van der Waals surface area contributed by atoms with Crippen LogP contribution in [0.15, 0.2) is 36.4 Å². The second-order valence-electron chi connectivity index (χ2n) is 4.91. The number of benzene rings is 2. The molecule has 140 valence electrons. The maximum absolute atomic E-state index is 12.5. The predicted octanol–water partition coefficient (Wildman–Crippen LogP) is 3.86. The highest BCUT2D eigenvalue weighted by molar-refractivity contribution is 6.05. The van der Waals surface area contributed by atoms with Crippen molar-refractivity contribution in [3.05, 3.63) is 42.0 Å². The summed E-state index contributed by atoms with van der Waals surface area (Å²) in [5, 5.41) is 2.37. The zero-order chi connectivity index (χ0) is 19.3. The fourth-order valence-electron chi connectivity index (χ4n) is 2.19. The molecular formula is C17H16F3NO5. The lowest BCUT2D eigenvalue weighted by Crippen LogP contribution is -2.19. The van der Waals surface area contributed by atoms with E-state index < -0.39 is 18.0 Å². The van der Waals surface area contributed by atoms with Gasteiger partial charge in [0.25, 0.3) is 5.91 Å². The lowest BCUT2D eigenvalue weighted by molar-refractivity contribution is -0.274. The number of halogens is 3. The molecule has 0 unspecified atom stereocenters. The summed E-state index contributed by atoms with van der Waals surface area (Å²) in [6.07, 6.45) is -4.88. The minimum atomic E-state index is -4.88. The van der Waals surface area contributed by atoms with Gasteiger partial charge in [0.2, 0.25) is 5.75 Å². The maximum Gasteiger partial charge on any atom is 0.573 e. The summed E-state index contributed by atoms with van der Waals surface area (Å²) in [5.74, 6) is -0.454. The first-order valence-electron chi connectivity index (χ1n) is 7.25. The number of methoxy groups -OCH3 is 3. The Balaban J connectivity index is 2.34. The van der Waals surface area contributed by atoms with Gasteiger partial charge in [0.05, 0.1) is 27.0 Å². The van der Waals surface area contributed by atoms with Crippen LogP contribution in [-0.4, -0.2) is 33.6 Å². The number of hydrogen-bond donors (Lipinski definition) is 1. The van der Waals surface area contributed by atoms with Gasteiger partial charge in [0.15, 0.2) is 17.2 Å². The summed E-state index contributed by atoms with van der Waals surface area (Å²) < 4.78 is 56.8. The summed E-state index contributed by atoms with van der Waals surface area (Å²) in [6, 6.07) is 7.97. The number of ether oxygens (including phenoxy) is 4. The van der Waals surface area contributed by atoms with E-state index >= 15 is 0 Å². The average molecular weight is 371 g/mol. The van der Waals surface area contributed by atoms with Gasteiger partial charge in [-0.15, -0.1) is 13.2 Å². The molecule has 0 atom stereocenters. The Morgan fingerprint density at radius 1 is 0.923 bits per heavy atom. The number of amides is 1. The van der Waals surface area contributed by atoms with Crippen LogP contribution in [0.4, 0.5) is 18.9 Å². The number of nitrogens with one attached hydrogen (secondary N) is 1. The minimum Gasteiger partial charge on any atom is -0.493 e. The van der Waals surface area contributed by atoms with Crippen LogP contribution < -0.4 is 24.3 Å². The van der Waals surface area contributed by atoms with Crippen molar-refractivity contribution in [2.75, 3.05) is 26.6 Å². The van der Waals surface area contributed by atoms with Gasteiger partial charge in [-0.2, -0.15) is 0 Å². The highest BCUT2D eigenvalue weighted by Gasteiger charge is 2.32. The summed E-state index contributed by atoms with van der Waals surface area (Å²) in [5.41, 5.74) is -0.0371. The third-order valence-electron chi connectivity index (χ3n) is 3.29. The van der Waals surface area contributed by atoms with E-state index in [4.69, 9.17) is 14.2 Å². The van der Waals surface area contributed by atoms with Crippen LogP contribution in [0.25, 0.3) is 0 Å². The molecule has 2 aromatic carbocycles. The molecule has 0 radical (unpaired) electrons. The van der Waals surface area contributed by atoms with E-state index in [1.54, 1.807) is 0 Å². The first-order valence-corrected chi connectivity index (χ1v) is 7.25. The van der Waals surface area contributed by atoms with Crippen LogP contribution in [0.1, 0.15) is 10.4 Å². The molecule has 0 aliphatic carbocycles. The molecule has 1 amide bonds. The monoisotopic (exact) mass is 371 g/mol. The van der Waals surface area contributed by atoms with Gasteiger partial charge in [-0.05, 0) is 24.3 Å². The topological polar surface area (TPSA) is 66.0 Å². The highest BCUT2D eigenvalue weighted by atomic mass is 19.4. The van der Waals surface area contributed by atoms with Crippen LogP contribution in [-0.2, 0) is 0 Å². The molecular weight excluding hydrogens is 355 g/mol. The van der Waals surface area contributed by atoms with Crippen molar-refractivity contribution < 1.29 is 36.9 Å². The summed E-state index contributed by atoms with van der Waals surface area (Å²) in [4.78, 5) is 12.5. The van der Waals surface area contributed by atoms with Crippen molar-refractivity contribution in [1.82, 2.24) is 0 Å². The standard InChI is InChI=1S/C17H16F3NO5/c1-23-13-8-10(9-14(24-2)15(13)25-3)16(22)21-11-6-4-5-7-12(11)26-17(18,19)20/h4-9H,1-3H3,(H,21,22). The molecule has 0 heterocycles. The molecule has 2 rings (SSSR count). The van der Waals surface area contributed by atoms with Crippen LogP contribution in [0.5, 0.6) is 23.0 Å². The molecule has 2 aromatic rings. The first kappa shape index (κ1) is 19.2. The Labute approximate surface area is 147 Å². The maximum atomic E-state index is 12.5. The number of alkyl halides is 3. The second-order valence-corrected chi connectivity index (χ2v) is 4.91. The molecule has 26 heavy (non-hydrogen) atoms. The quantitative estimate of drug-likeness (QED) is 0.835. The van der Waals surface area contributed by atoms with Gasteiger partial charge in [-0.3, -0.25) is 4.79 Å². The van der Waals surface area contributed by atoms with Gasteiger partial charge < -0.3 is 24.3 Å². The highest BCUT2D eigenvalue weighted by Crippen LogP contribution is 2.38. The number of anilines is 1. The van der Waals surface area contributed by atoms with E-state index in [1.165, 1.54) is 51.7 Å². The normalized spacial score (nSPS) is 10.8. The zero-order valence-electron chi connectivity index (χ0n) is 14.1. The van der Waals surface area contributed by atoms with Crippen LogP contribution >= 0.6 is 0 Å². The fourth-order valence-corrected chi connectivity index (χ4v) is 2.19. The molecule has 6 nitrogen and oxygen atoms in total. The van der Waals surface area contributed by atoms with Crippen molar-refractivity contribution >= 4 is 11.6 Å². The Morgan fingerprint density at radius 2 is 1.50 bits per heavy atom. The smallest absolute Gasteiger partial charge is 0.493 e. The fraction of sp³-hybridized carbons (Fsp3) is 0.235. The van der Waals surface area contributed by atoms with E-state index in [9.17, 15) is 18.0 Å². The van der Waals surface area contributed by atoms with E-state index in [1.807, 2.05) is 0 Å². The Morgan fingerprint density at radius 3 is 2.00 bits per heavy atom. The lowest BCUT2D eigenvalue weighted by atomic mass is 10.1. The number of rotatable bonds is 6. The Hall–Kier alpha value is -3.10. The summed E-state index contributed by atoms with van der Waals surface area (Å²) in [7, 11) is 4.17. The van der Waals surface area contributed by atoms with E-state index in [-0.39, 0.29) is 28.5 Å². The molecule has 0 fully saturated rings. The van der Waals surface area contributed by atoms with Gasteiger partial charge >= 0.3 is 6.36 Å². The lowest BCUT2D eigenvalue weighted by Gasteiger charge is -2.16. The van der Waals surface area contributed by atoms with Crippen LogP contribution in [0, 0.1) is 0 Å². The largest absolute Gasteiger partial charge is 0.573 e. The molecule has 1 N–H and O–H groups in total. The third-order valence-corrected chi connectivity index (χ3v) is 3.29. The molecule has 0 spiro atoms. The second kappa shape index (κ2) is 7.85. The SMILES string of the molecule is COc1cc(C(=O)Nc2ccccc2OC(F)(F)F)cc(OC)c1OC. The number of hydrogen-bond acceptors (Lipinski definition) is 5. The first-order chi connectivity index (χ1) is 12.3. The summed E-state index contributed by atoms with van der Waals surface area (Å²) >= 11 is 0. The molecule has 0 aliphatic rings. The Kier molecular flexibility index (Phi) is 5.81. The van der Waals surface area contributed by atoms with Crippen molar-refractivity contribution in [3.63, 3.8) is 0 Å². The predicted molar refractivity (Wildman–Crippen MR) is 87.2 cm³/mol. The molecule has 0 bridgehead atoms. The van der Waals surface area contributed by atoms with Gasteiger partial charge in [-0.1, -0.05) is 12.1 Å². The van der Waals surface area contributed by atoms with Crippen LogP contribution in [0.2, 0.25) is 0 Å². The molecule has 0 saturated heterocycles. The minimum absolute atomic E-state index is 0.0984. The molecule has 0 aromatic heterocycles. The molecule has 0 saturated carbocycles.